The van der Waals surface area contributed by atoms with Crippen LogP contribution in [0.25, 0.3) is 76.5 Å². The van der Waals surface area contributed by atoms with Gasteiger partial charge in [-0.15, -0.1) is 0 Å². The van der Waals surface area contributed by atoms with Crippen LogP contribution >= 0.6 is 0 Å². The van der Waals surface area contributed by atoms with E-state index in [1.807, 2.05) is 0 Å². The van der Waals surface area contributed by atoms with Gasteiger partial charge in [0, 0.05) is 5.41 Å². The van der Waals surface area contributed by atoms with Gasteiger partial charge in [0.25, 0.3) is 0 Å². The summed E-state index contributed by atoms with van der Waals surface area (Å²) in [6, 6.07) is 54.6. The fourth-order valence-corrected chi connectivity index (χ4v) is 9.24. The van der Waals surface area contributed by atoms with Crippen LogP contribution in [-0.4, -0.2) is 0 Å². The van der Waals surface area contributed by atoms with Crippen LogP contribution in [0.3, 0.4) is 0 Å². The van der Waals surface area contributed by atoms with Gasteiger partial charge in [0.1, 0.15) is 0 Å². The second-order valence-electron chi connectivity index (χ2n) is 15.3. The highest BCUT2D eigenvalue weighted by atomic mass is 14.5. The summed E-state index contributed by atoms with van der Waals surface area (Å²) in [5.41, 5.74) is 10.5. The number of rotatable bonds is 3. The maximum Gasteiger partial charge on any atom is 0.0181 e. The minimum absolute atomic E-state index is 0.0339. The molecule has 2 atom stereocenters. The minimum atomic E-state index is 0.0339. The van der Waals surface area contributed by atoms with Crippen molar-refractivity contribution in [1.82, 2.24) is 0 Å². The van der Waals surface area contributed by atoms with E-state index < -0.39 is 0 Å². The summed E-state index contributed by atoms with van der Waals surface area (Å²) in [4.78, 5) is 0. The lowest BCUT2D eigenvalue weighted by Crippen LogP contribution is -2.33. The summed E-state index contributed by atoms with van der Waals surface area (Å²) >= 11 is 0. The van der Waals surface area contributed by atoms with Crippen molar-refractivity contribution >= 4 is 43.1 Å². The Kier molecular flexibility index (Phi) is 6.22. The predicted octanol–water partition coefficient (Wildman–Crippen LogP) is 13.6. The molecule has 0 spiro atoms. The third kappa shape index (κ3) is 4.38. The van der Waals surface area contributed by atoms with Gasteiger partial charge < -0.3 is 0 Å². The van der Waals surface area contributed by atoms with Gasteiger partial charge in [0.05, 0.1) is 0 Å². The highest BCUT2D eigenvalue weighted by Crippen LogP contribution is 2.57. The van der Waals surface area contributed by atoms with Crippen molar-refractivity contribution < 1.29 is 0 Å². The summed E-state index contributed by atoms with van der Waals surface area (Å²) < 4.78 is 0. The van der Waals surface area contributed by atoms with Crippen LogP contribution in [-0.2, 0) is 10.8 Å². The van der Waals surface area contributed by atoms with Crippen molar-refractivity contribution in [3.8, 4) is 33.4 Å². The zero-order valence-corrected chi connectivity index (χ0v) is 28.7. The molecule has 0 amide bonds. The summed E-state index contributed by atoms with van der Waals surface area (Å²) in [7, 11) is 0. The zero-order valence-electron chi connectivity index (χ0n) is 28.7. The highest BCUT2D eigenvalue weighted by molar-refractivity contribution is 6.09. The van der Waals surface area contributed by atoms with Gasteiger partial charge in [-0.05, 0) is 135 Å². The first-order valence-electron chi connectivity index (χ1n) is 17.9. The van der Waals surface area contributed by atoms with E-state index in [4.69, 9.17) is 0 Å². The SMILES string of the molecule is CC1(C)c2cc3c(ccc4ccc(-c5ccc(-c6ccc7cc(-c8ccc9ccccc9c8)ccc7c6)cc5)cc43)cc2C2(C)C=CC=CC12. The first-order valence-corrected chi connectivity index (χ1v) is 17.9. The molecule has 8 aromatic carbocycles. The fraction of sp³-hybridized carbons (Fsp3) is 0.120. The number of hydrogen-bond acceptors (Lipinski definition) is 0. The third-order valence-corrected chi connectivity index (χ3v) is 12.0. The summed E-state index contributed by atoms with van der Waals surface area (Å²) in [6.45, 7) is 7.27. The Morgan fingerprint density at radius 2 is 0.860 bits per heavy atom. The topological polar surface area (TPSA) is 0 Å². The Balaban J connectivity index is 0.980. The van der Waals surface area contributed by atoms with Crippen LogP contribution in [0.5, 0.6) is 0 Å². The number of benzene rings is 8. The van der Waals surface area contributed by atoms with Gasteiger partial charge in [-0.3, -0.25) is 0 Å². The van der Waals surface area contributed by atoms with Crippen LogP contribution in [0, 0.1) is 5.92 Å². The molecule has 0 saturated carbocycles. The molecule has 0 nitrogen and oxygen atoms in total. The largest absolute Gasteiger partial charge is 0.0794 e. The van der Waals surface area contributed by atoms with Gasteiger partial charge in [-0.1, -0.05) is 154 Å². The molecule has 0 aliphatic heterocycles. The first-order chi connectivity index (χ1) is 24.3. The van der Waals surface area contributed by atoms with Crippen molar-refractivity contribution in [1.29, 1.82) is 0 Å². The fourth-order valence-electron chi connectivity index (χ4n) is 9.24. The maximum absolute atomic E-state index is 2.51. The van der Waals surface area contributed by atoms with Crippen molar-refractivity contribution in [2.45, 2.75) is 31.6 Å². The standard InChI is InChI=1S/C50H38/c1-49(2)46-31-45-43(30-47(46)50(3)25-7-6-10-48(49)50)24-17-35-16-19-42(29-44(35)45)34-13-11-33(12-14-34)37-20-21-40-28-41(23-22-39(40)27-37)38-18-15-32-8-4-5-9-36(32)26-38/h4-31,48H,1-3H3. The number of hydrogen-bond donors (Lipinski definition) is 0. The quantitative estimate of drug-likeness (QED) is 0.169. The molecule has 0 fully saturated rings. The van der Waals surface area contributed by atoms with E-state index >= 15 is 0 Å². The Labute approximate surface area is 294 Å². The van der Waals surface area contributed by atoms with Crippen LogP contribution < -0.4 is 0 Å². The van der Waals surface area contributed by atoms with E-state index in [1.54, 1.807) is 0 Å². The molecule has 238 valence electrons. The Morgan fingerprint density at radius 3 is 1.54 bits per heavy atom. The molecule has 0 saturated heterocycles. The molecule has 0 heteroatoms. The molecule has 2 unspecified atom stereocenters. The third-order valence-electron chi connectivity index (χ3n) is 12.0. The summed E-state index contributed by atoms with van der Waals surface area (Å²) in [5, 5.41) is 10.4. The molecule has 0 N–H and O–H groups in total. The monoisotopic (exact) mass is 638 g/mol. The van der Waals surface area contributed by atoms with E-state index in [2.05, 4.69) is 191 Å². The molecular formula is C50H38. The van der Waals surface area contributed by atoms with Gasteiger partial charge >= 0.3 is 0 Å². The van der Waals surface area contributed by atoms with Gasteiger partial charge in [-0.2, -0.15) is 0 Å². The molecule has 2 aliphatic carbocycles. The minimum Gasteiger partial charge on any atom is -0.0794 e. The molecule has 10 rings (SSSR count). The lowest BCUT2D eigenvalue weighted by molar-refractivity contribution is 0.324. The van der Waals surface area contributed by atoms with Crippen LogP contribution in [0.4, 0.5) is 0 Å². The lowest BCUT2D eigenvalue weighted by Gasteiger charge is -2.36. The molecule has 0 radical (unpaired) electrons. The smallest absolute Gasteiger partial charge is 0.0181 e. The first kappa shape index (κ1) is 29.2. The van der Waals surface area contributed by atoms with E-state index in [0.29, 0.717) is 5.92 Å². The second kappa shape index (κ2) is 10.6. The maximum atomic E-state index is 2.51. The predicted molar refractivity (Wildman–Crippen MR) is 215 cm³/mol. The van der Waals surface area contributed by atoms with Crippen molar-refractivity contribution in [2.24, 2.45) is 5.92 Å². The number of fused-ring (bicyclic) bond motifs is 8. The number of allylic oxidation sites excluding steroid dienone is 4. The van der Waals surface area contributed by atoms with E-state index in [0.717, 1.165) is 0 Å². The van der Waals surface area contributed by atoms with Gasteiger partial charge in [0.2, 0.25) is 0 Å². The molecule has 2 aliphatic rings. The molecule has 8 aromatic rings. The van der Waals surface area contributed by atoms with E-state index in [9.17, 15) is 0 Å². The molecule has 0 aromatic heterocycles. The lowest BCUT2D eigenvalue weighted by atomic mass is 9.67. The second-order valence-corrected chi connectivity index (χ2v) is 15.3. The highest BCUT2D eigenvalue weighted by Gasteiger charge is 2.51. The van der Waals surface area contributed by atoms with Gasteiger partial charge in [0.15, 0.2) is 0 Å². The summed E-state index contributed by atoms with van der Waals surface area (Å²) in [6.07, 6.45) is 9.30. The Hall–Kier alpha value is -5.72. The van der Waals surface area contributed by atoms with E-state index in [1.165, 1.54) is 87.6 Å². The average Bonchev–Trinajstić information content (AvgIpc) is 3.34. The molecule has 0 heterocycles. The molecule has 50 heavy (non-hydrogen) atoms. The van der Waals surface area contributed by atoms with Crippen molar-refractivity contribution in [2.75, 3.05) is 0 Å². The van der Waals surface area contributed by atoms with Crippen molar-refractivity contribution in [3.05, 3.63) is 181 Å². The Bertz CT molecular complexity index is 2740. The molecule has 0 bridgehead atoms. The van der Waals surface area contributed by atoms with Crippen LogP contribution in [0.1, 0.15) is 31.9 Å². The zero-order chi connectivity index (χ0) is 33.6. The Morgan fingerprint density at radius 1 is 0.380 bits per heavy atom. The van der Waals surface area contributed by atoms with Gasteiger partial charge in [-0.25, -0.2) is 0 Å². The van der Waals surface area contributed by atoms with Crippen molar-refractivity contribution in [3.63, 3.8) is 0 Å². The van der Waals surface area contributed by atoms with Crippen LogP contribution in [0.15, 0.2) is 170 Å². The van der Waals surface area contributed by atoms with E-state index in [-0.39, 0.29) is 10.8 Å². The normalized spacial score (nSPS) is 19.0. The average molecular weight is 639 g/mol. The summed E-state index contributed by atoms with van der Waals surface area (Å²) in [5.74, 6) is 0.461. The molecular weight excluding hydrogens is 601 g/mol. The van der Waals surface area contributed by atoms with Crippen LogP contribution in [0.2, 0.25) is 0 Å².